The van der Waals surface area contributed by atoms with Crippen LogP contribution in [-0.4, -0.2) is 16.9 Å². The Morgan fingerprint density at radius 2 is 1.87 bits per heavy atom. The summed E-state index contributed by atoms with van der Waals surface area (Å²) in [6.07, 6.45) is 0. The highest BCUT2D eigenvalue weighted by molar-refractivity contribution is 5.94. The van der Waals surface area contributed by atoms with Crippen molar-refractivity contribution in [3.8, 4) is 0 Å². The van der Waals surface area contributed by atoms with Crippen LogP contribution in [0.25, 0.3) is 0 Å². The minimum absolute atomic E-state index is 0. The Labute approximate surface area is 95.7 Å². The maximum atomic E-state index is 11.3. The van der Waals surface area contributed by atoms with Gasteiger partial charge in [0.05, 0.1) is 6.04 Å². The maximum Gasteiger partial charge on any atom is 0.241 e. The molecule has 0 aromatic carbocycles. The van der Waals surface area contributed by atoms with E-state index in [1.54, 1.807) is 6.92 Å². The summed E-state index contributed by atoms with van der Waals surface area (Å²) in [5, 5.41) is 2.72. The van der Waals surface area contributed by atoms with E-state index < -0.39 is 6.04 Å². The van der Waals surface area contributed by atoms with Gasteiger partial charge in [0.1, 0.15) is 0 Å². The number of aryl methyl sites for hydroxylation is 2. The number of pyridine rings is 1. The third kappa shape index (κ3) is 4.27. The van der Waals surface area contributed by atoms with E-state index >= 15 is 0 Å². The molecule has 1 aromatic heterocycles. The zero-order chi connectivity index (χ0) is 10.7. The summed E-state index contributed by atoms with van der Waals surface area (Å²) in [5.41, 5.74) is 7.94. The van der Waals surface area contributed by atoms with E-state index in [1.165, 1.54) is 0 Å². The number of hydrogen-bond donors (Lipinski definition) is 2. The Bertz CT molecular complexity index is 332. The molecule has 1 aromatic rings. The average molecular weight is 230 g/mol. The number of aromatic nitrogens is 1. The van der Waals surface area contributed by atoms with Gasteiger partial charge in [0.15, 0.2) is 0 Å². The van der Waals surface area contributed by atoms with Crippen molar-refractivity contribution in [3.05, 3.63) is 23.5 Å². The number of nitrogens with zero attached hydrogens (tertiary/aromatic N) is 1. The van der Waals surface area contributed by atoms with Crippen molar-refractivity contribution < 1.29 is 4.79 Å². The van der Waals surface area contributed by atoms with E-state index in [4.69, 9.17) is 5.73 Å². The van der Waals surface area contributed by atoms with Crippen molar-refractivity contribution in [3.63, 3.8) is 0 Å². The van der Waals surface area contributed by atoms with E-state index in [-0.39, 0.29) is 18.3 Å². The van der Waals surface area contributed by atoms with Gasteiger partial charge in [-0.15, -0.1) is 12.4 Å². The molecule has 84 valence electrons. The number of amides is 1. The fourth-order valence-corrected chi connectivity index (χ4v) is 1.16. The van der Waals surface area contributed by atoms with Crippen LogP contribution in [0.1, 0.15) is 18.3 Å². The summed E-state index contributed by atoms with van der Waals surface area (Å²) in [5.74, 6) is -0.185. The van der Waals surface area contributed by atoms with Crippen LogP contribution in [0.4, 0.5) is 5.69 Å². The maximum absolute atomic E-state index is 11.3. The van der Waals surface area contributed by atoms with Gasteiger partial charge < -0.3 is 11.1 Å². The molecule has 1 heterocycles. The van der Waals surface area contributed by atoms with Crippen LogP contribution in [0.2, 0.25) is 0 Å². The molecule has 5 heteroatoms. The molecule has 1 amide bonds. The van der Waals surface area contributed by atoms with Crippen LogP contribution in [0.15, 0.2) is 12.1 Å². The minimum Gasteiger partial charge on any atom is -0.325 e. The number of anilines is 1. The molecule has 0 bridgehead atoms. The topological polar surface area (TPSA) is 68.0 Å². The van der Waals surface area contributed by atoms with E-state index in [0.29, 0.717) is 0 Å². The predicted octanol–water partition coefficient (Wildman–Crippen LogP) is 1.41. The molecule has 0 saturated heterocycles. The Morgan fingerprint density at radius 3 is 2.27 bits per heavy atom. The summed E-state index contributed by atoms with van der Waals surface area (Å²) < 4.78 is 0. The monoisotopic (exact) mass is 229 g/mol. The van der Waals surface area contributed by atoms with E-state index in [1.807, 2.05) is 26.0 Å². The molecule has 0 spiro atoms. The zero-order valence-electron chi connectivity index (χ0n) is 9.07. The van der Waals surface area contributed by atoms with E-state index in [0.717, 1.165) is 17.1 Å². The van der Waals surface area contributed by atoms with Gasteiger partial charge in [0.25, 0.3) is 0 Å². The normalized spacial score (nSPS) is 11.5. The summed E-state index contributed by atoms with van der Waals surface area (Å²) in [6, 6.07) is 3.13. The van der Waals surface area contributed by atoms with Crippen molar-refractivity contribution in [2.24, 2.45) is 5.73 Å². The standard InChI is InChI=1S/C10H15N3O.ClH/c1-6-4-9(5-7(2)12-6)13-10(14)8(3)11;/h4-5,8H,11H2,1-3H3,(H,12,13,14);1H. The Kier molecular flexibility index (Phi) is 5.25. The first kappa shape index (κ1) is 13.9. The van der Waals surface area contributed by atoms with Gasteiger partial charge in [-0.3, -0.25) is 9.78 Å². The number of hydrogen-bond acceptors (Lipinski definition) is 3. The first-order valence-corrected chi connectivity index (χ1v) is 4.51. The summed E-state index contributed by atoms with van der Waals surface area (Å²) in [6.45, 7) is 5.42. The Balaban J connectivity index is 0.00000196. The van der Waals surface area contributed by atoms with Crippen LogP contribution in [0.3, 0.4) is 0 Å². The third-order valence-corrected chi connectivity index (χ3v) is 1.76. The van der Waals surface area contributed by atoms with Crippen molar-refractivity contribution in [2.45, 2.75) is 26.8 Å². The molecule has 1 rings (SSSR count). The highest BCUT2D eigenvalue weighted by Crippen LogP contribution is 2.10. The number of nitrogens with one attached hydrogen (secondary N) is 1. The molecular weight excluding hydrogens is 214 g/mol. The number of rotatable bonds is 2. The van der Waals surface area contributed by atoms with Crippen LogP contribution < -0.4 is 11.1 Å². The minimum atomic E-state index is -0.497. The second kappa shape index (κ2) is 5.68. The summed E-state index contributed by atoms with van der Waals surface area (Å²) in [7, 11) is 0. The van der Waals surface area contributed by atoms with Gasteiger partial charge in [0.2, 0.25) is 5.91 Å². The molecule has 0 aliphatic heterocycles. The zero-order valence-corrected chi connectivity index (χ0v) is 9.89. The van der Waals surface area contributed by atoms with E-state index in [2.05, 4.69) is 10.3 Å². The summed E-state index contributed by atoms with van der Waals surface area (Å²) >= 11 is 0. The molecular formula is C10H16ClN3O. The molecule has 0 fully saturated rings. The van der Waals surface area contributed by atoms with Gasteiger partial charge in [-0.2, -0.15) is 0 Å². The second-order valence-electron chi connectivity index (χ2n) is 3.42. The molecule has 3 N–H and O–H groups in total. The number of halogens is 1. The average Bonchev–Trinajstić information content (AvgIpc) is 2.01. The summed E-state index contributed by atoms with van der Waals surface area (Å²) in [4.78, 5) is 15.5. The lowest BCUT2D eigenvalue weighted by Gasteiger charge is -2.08. The van der Waals surface area contributed by atoms with Crippen LogP contribution >= 0.6 is 12.4 Å². The molecule has 15 heavy (non-hydrogen) atoms. The first-order chi connectivity index (χ1) is 6.49. The Hall–Kier alpha value is -1.13. The first-order valence-electron chi connectivity index (χ1n) is 4.51. The molecule has 1 unspecified atom stereocenters. The lowest BCUT2D eigenvalue weighted by atomic mass is 10.2. The van der Waals surface area contributed by atoms with E-state index in [9.17, 15) is 4.79 Å². The largest absolute Gasteiger partial charge is 0.325 e. The fraction of sp³-hybridized carbons (Fsp3) is 0.400. The highest BCUT2D eigenvalue weighted by atomic mass is 35.5. The van der Waals surface area contributed by atoms with Gasteiger partial charge in [-0.25, -0.2) is 0 Å². The second-order valence-corrected chi connectivity index (χ2v) is 3.42. The third-order valence-electron chi connectivity index (χ3n) is 1.76. The number of carbonyl (C=O) groups excluding carboxylic acids is 1. The molecule has 0 saturated carbocycles. The molecule has 4 nitrogen and oxygen atoms in total. The van der Waals surface area contributed by atoms with Crippen LogP contribution in [-0.2, 0) is 4.79 Å². The number of nitrogens with two attached hydrogens (primary N) is 1. The molecule has 0 radical (unpaired) electrons. The van der Waals surface area contributed by atoms with Gasteiger partial charge >= 0.3 is 0 Å². The number of carbonyl (C=O) groups is 1. The molecule has 1 atom stereocenters. The predicted molar refractivity (Wildman–Crippen MR) is 63.2 cm³/mol. The van der Waals surface area contributed by atoms with Gasteiger partial charge in [0, 0.05) is 17.1 Å². The van der Waals surface area contributed by atoms with Crippen molar-refractivity contribution in [1.82, 2.24) is 4.98 Å². The van der Waals surface area contributed by atoms with Crippen molar-refractivity contribution in [2.75, 3.05) is 5.32 Å². The van der Waals surface area contributed by atoms with Crippen molar-refractivity contribution in [1.29, 1.82) is 0 Å². The lowest BCUT2D eigenvalue weighted by molar-refractivity contribution is -0.117. The van der Waals surface area contributed by atoms with Crippen molar-refractivity contribution >= 4 is 24.0 Å². The molecule has 0 aliphatic rings. The lowest BCUT2D eigenvalue weighted by Crippen LogP contribution is -2.32. The SMILES string of the molecule is Cc1cc(NC(=O)C(C)N)cc(C)n1.Cl. The van der Waals surface area contributed by atoms with Gasteiger partial charge in [-0.1, -0.05) is 0 Å². The van der Waals surface area contributed by atoms with Gasteiger partial charge in [-0.05, 0) is 32.9 Å². The fourth-order valence-electron chi connectivity index (χ4n) is 1.16. The highest BCUT2D eigenvalue weighted by Gasteiger charge is 2.07. The van der Waals surface area contributed by atoms with Crippen LogP contribution in [0.5, 0.6) is 0 Å². The van der Waals surface area contributed by atoms with Crippen LogP contribution in [0, 0.1) is 13.8 Å². The quantitative estimate of drug-likeness (QED) is 0.806. The smallest absolute Gasteiger partial charge is 0.241 e. The molecule has 0 aliphatic carbocycles. The Morgan fingerprint density at radius 1 is 1.40 bits per heavy atom.